The van der Waals surface area contributed by atoms with Gasteiger partial charge in [-0.2, -0.15) is 5.10 Å². The average molecular weight is 353 g/mol. The van der Waals surface area contributed by atoms with Crippen molar-refractivity contribution in [1.29, 1.82) is 0 Å². The molecule has 2 heterocycles. The third kappa shape index (κ3) is 2.85. The quantitative estimate of drug-likeness (QED) is 0.869. The number of amides is 1. The second-order valence-corrected chi connectivity index (χ2v) is 7.59. The molecular formula is C16H21ClN4O3. The highest BCUT2D eigenvalue weighted by Gasteiger charge is 2.46. The Morgan fingerprint density at radius 2 is 2.21 bits per heavy atom. The summed E-state index contributed by atoms with van der Waals surface area (Å²) < 4.78 is 5.60. The number of carbonyl (C=O) groups excluding carboxylic acids is 1. The molecule has 1 amide bonds. The first kappa shape index (κ1) is 15.7. The monoisotopic (exact) mass is 352 g/mol. The van der Waals surface area contributed by atoms with Gasteiger partial charge in [-0.1, -0.05) is 11.6 Å². The van der Waals surface area contributed by atoms with E-state index < -0.39 is 5.56 Å². The summed E-state index contributed by atoms with van der Waals surface area (Å²) >= 11 is 6.04. The number of anilines is 1. The van der Waals surface area contributed by atoms with Crippen LogP contribution in [0.2, 0.25) is 5.02 Å². The number of aromatic amines is 1. The molecular weight excluding hydrogens is 332 g/mol. The Morgan fingerprint density at radius 1 is 1.42 bits per heavy atom. The number of hydrogen-bond donors (Lipinski definition) is 2. The third-order valence-electron chi connectivity index (χ3n) is 5.65. The SMILES string of the molecule is O=C(NC12CCC(CC1)C2)OC1CCN(c2cn[nH]c(=O)c2Cl)C1. The Hall–Kier alpha value is -1.76. The van der Waals surface area contributed by atoms with E-state index in [1.807, 2.05) is 4.90 Å². The number of rotatable bonds is 3. The van der Waals surface area contributed by atoms with Crippen LogP contribution < -0.4 is 15.8 Å². The van der Waals surface area contributed by atoms with E-state index in [1.54, 1.807) is 0 Å². The van der Waals surface area contributed by atoms with Gasteiger partial charge in [0.15, 0.2) is 0 Å². The van der Waals surface area contributed by atoms with Crippen molar-refractivity contribution in [2.24, 2.45) is 5.92 Å². The molecule has 1 aromatic rings. The zero-order chi connectivity index (χ0) is 16.7. The van der Waals surface area contributed by atoms with Crippen LogP contribution in [0, 0.1) is 5.92 Å². The maximum atomic E-state index is 12.3. The van der Waals surface area contributed by atoms with Crippen molar-refractivity contribution in [3.05, 3.63) is 21.6 Å². The van der Waals surface area contributed by atoms with Gasteiger partial charge in [-0.15, -0.1) is 0 Å². The van der Waals surface area contributed by atoms with Crippen molar-refractivity contribution in [2.45, 2.75) is 50.2 Å². The number of fused-ring (bicyclic) bond motifs is 2. The van der Waals surface area contributed by atoms with Gasteiger partial charge in [0.2, 0.25) is 0 Å². The molecule has 0 aromatic carbocycles. The van der Waals surface area contributed by atoms with Crippen LogP contribution in [-0.2, 0) is 4.74 Å². The van der Waals surface area contributed by atoms with Crippen LogP contribution in [0.5, 0.6) is 0 Å². The smallest absolute Gasteiger partial charge is 0.407 e. The molecule has 0 spiro atoms. The number of nitrogens with one attached hydrogen (secondary N) is 2. The molecule has 1 atom stereocenters. The molecule has 1 unspecified atom stereocenters. The number of H-pyrrole nitrogens is 1. The summed E-state index contributed by atoms with van der Waals surface area (Å²) in [5.41, 5.74) is 0.146. The lowest BCUT2D eigenvalue weighted by molar-refractivity contribution is 0.0975. The first-order valence-electron chi connectivity index (χ1n) is 8.52. The highest BCUT2D eigenvalue weighted by atomic mass is 35.5. The van der Waals surface area contributed by atoms with Crippen LogP contribution in [0.25, 0.3) is 0 Å². The molecule has 2 saturated carbocycles. The number of carbonyl (C=O) groups is 1. The minimum Gasteiger partial charge on any atom is -0.444 e. The van der Waals surface area contributed by atoms with Gasteiger partial charge in [-0.25, -0.2) is 9.89 Å². The van der Waals surface area contributed by atoms with E-state index in [0.29, 0.717) is 25.2 Å². The molecule has 24 heavy (non-hydrogen) atoms. The number of halogens is 1. The van der Waals surface area contributed by atoms with E-state index in [1.165, 1.54) is 19.0 Å². The van der Waals surface area contributed by atoms with Gasteiger partial charge in [0.1, 0.15) is 11.1 Å². The van der Waals surface area contributed by atoms with E-state index in [-0.39, 0.29) is 22.8 Å². The molecule has 3 aliphatic rings. The Bertz CT molecular complexity index is 699. The minimum atomic E-state index is -0.410. The summed E-state index contributed by atoms with van der Waals surface area (Å²) in [6.07, 6.45) is 7.38. The van der Waals surface area contributed by atoms with E-state index in [9.17, 15) is 9.59 Å². The zero-order valence-corrected chi connectivity index (χ0v) is 14.1. The van der Waals surface area contributed by atoms with Gasteiger partial charge in [-0.3, -0.25) is 4.79 Å². The fourth-order valence-corrected chi connectivity index (χ4v) is 4.61. The van der Waals surface area contributed by atoms with Crippen molar-refractivity contribution in [3.63, 3.8) is 0 Å². The molecule has 0 radical (unpaired) electrons. The predicted molar refractivity (Wildman–Crippen MR) is 89.4 cm³/mol. The second-order valence-electron chi connectivity index (χ2n) is 7.21. The molecule has 8 heteroatoms. The van der Waals surface area contributed by atoms with Gasteiger partial charge in [0, 0.05) is 18.5 Å². The first-order valence-corrected chi connectivity index (χ1v) is 8.89. The first-order chi connectivity index (χ1) is 11.5. The molecule has 2 bridgehead atoms. The van der Waals surface area contributed by atoms with Crippen LogP contribution in [-0.4, -0.2) is 41.0 Å². The van der Waals surface area contributed by atoms with E-state index in [0.717, 1.165) is 25.2 Å². The van der Waals surface area contributed by atoms with Crippen molar-refractivity contribution >= 4 is 23.4 Å². The van der Waals surface area contributed by atoms with Crippen molar-refractivity contribution in [1.82, 2.24) is 15.5 Å². The maximum absolute atomic E-state index is 12.3. The molecule has 130 valence electrons. The standard InChI is InChI=1S/C16H21ClN4O3/c17-13-12(8-18-20-14(13)22)21-6-3-11(9-21)24-15(23)19-16-4-1-10(7-16)2-5-16/h8,10-11H,1-7,9H2,(H,19,23)(H,20,22). The van der Waals surface area contributed by atoms with Crippen LogP contribution in [0.3, 0.4) is 0 Å². The highest BCUT2D eigenvalue weighted by Crippen LogP contribution is 2.47. The Morgan fingerprint density at radius 3 is 2.92 bits per heavy atom. The lowest BCUT2D eigenvalue weighted by atomic mass is 9.94. The lowest BCUT2D eigenvalue weighted by Gasteiger charge is -2.28. The van der Waals surface area contributed by atoms with Crippen LogP contribution in [0.1, 0.15) is 38.5 Å². The van der Waals surface area contributed by atoms with E-state index in [4.69, 9.17) is 16.3 Å². The number of nitrogens with zero attached hydrogens (tertiary/aromatic N) is 2. The highest BCUT2D eigenvalue weighted by molar-refractivity contribution is 6.33. The molecule has 1 saturated heterocycles. The fraction of sp³-hybridized carbons (Fsp3) is 0.688. The van der Waals surface area contributed by atoms with Gasteiger partial charge in [0.05, 0.1) is 18.4 Å². The molecule has 2 N–H and O–H groups in total. The van der Waals surface area contributed by atoms with Crippen LogP contribution in [0.15, 0.2) is 11.0 Å². The number of alkyl carbamates (subject to hydrolysis) is 1. The average Bonchev–Trinajstić information content (AvgIpc) is 3.25. The molecule has 1 aromatic heterocycles. The fourth-order valence-electron chi connectivity index (χ4n) is 4.40. The van der Waals surface area contributed by atoms with Crippen LogP contribution >= 0.6 is 11.6 Å². The summed E-state index contributed by atoms with van der Waals surface area (Å²) in [4.78, 5) is 25.7. The molecule has 2 aliphatic carbocycles. The predicted octanol–water partition coefficient (Wildman–Crippen LogP) is 2.06. The molecule has 7 nitrogen and oxygen atoms in total. The minimum absolute atomic E-state index is 0.0278. The maximum Gasteiger partial charge on any atom is 0.407 e. The topological polar surface area (TPSA) is 87.3 Å². The Kier molecular flexibility index (Phi) is 3.90. The van der Waals surface area contributed by atoms with E-state index in [2.05, 4.69) is 15.5 Å². The van der Waals surface area contributed by atoms with Gasteiger partial charge >= 0.3 is 6.09 Å². The second kappa shape index (κ2) is 5.95. The summed E-state index contributed by atoms with van der Waals surface area (Å²) in [5.74, 6) is 0.776. The van der Waals surface area contributed by atoms with Gasteiger partial charge < -0.3 is 15.0 Å². The summed E-state index contributed by atoms with van der Waals surface area (Å²) in [7, 11) is 0. The lowest BCUT2D eigenvalue weighted by Crippen LogP contribution is -2.46. The Labute approximate surface area is 144 Å². The van der Waals surface area contributed by atoms with Crippen molar-refractivity contribution in [2.75, 3.05) is 18.0 Å². The summed E-state index contributed by atoms with van der Waals surface area (Å²) in [6, 6.07) is 0. The largest absolute Gasteiger partial charge is 0.444 e. The number of aromatic nitrogens is 2. The summed E-state index contributed by atoms with van der Waals surface area (Å²) in [6.45, 7) is 1.20. The Balaban J connectivity index is 1.34. The van der Waals surface area contributed by atoms with Gasteiger partial charge in [0.25, 0.3) is 5.56 Å². The molecule has 4 rings (SSSR count). The molecule has 3 fully saturated rings. The van der Waals surface area contributed by atoms with E-state index >= 15 is 0 Å². The summed E-state index contributed by atoms with van der Waals surface area (Å²) in [5, 5.41) is 9.32. The number of ether oxygens (including phenoxy) is 1. The van der Waals surface area contributed by atoms with Gasteiger partial charge in [-0.05, 0) is 38.0 Å². The van der Waals surface area contributed by atoms with Crippen molar-refractivity contribution < 1.29 is 9.53 Å². The van der Waals surface area contributed by atoms with Crippen LogP contribution in [0.4, 0.5) is 10.5 Å². The third-order valence-corrected chi connectivity index (χ3v) is 6.01. The molecule has 1 aliphatic heterocycles. The zero-order valence-electron chi connectivity index (χ0n) is 13.4. The normalized spacial score (nSPS) is 31.5. The van der Waals surface area contributed by atoms with Crippen molar-refractivity contribution in [3.8, 4) is 0 Å². The number of hydrogen-bond acceptors (Lipinski definition) is 5.